The number of carbonyl (C=O) groups is 1. The first kappa shape index (κ1) is 14.4. The molecule has 3 unspecified atom stereocenters. The molecule has 3 rings (SSSR count). The van der Waals surface area contributed by atoms with Crippen molar-refractivity contribution in [2.75, 3.05) is 13.7 Å². The van der Waals surface area contributed by atoms with Crippen molar-refractivity contribution in [1.29, 1.82) is 0 Å². The zero-order valence-corrected chi connectivity index (χ0v) is 12.5. The van der Waals surface area contributed by atoms with Crippen molar-refractivity contribution >= 4 is 5.91 Å². The first-order valence-corrected chi connectivity index (χ1v) is 7.82. The Morgan fingerprint density at radius 3 is 2.86 bits per heavy atom. The minimum absolute atomic E-state index is 0.0385. The van der Waals surface area contributed by atoms with Gasteiger partial charge in [-0.1, -0.05) is 31.0 Å². The molecule has 1 N–H and O–H groups in total. The van der Waals surface area contributed by atoms with Gasteiger partial charge in [-0.05, 0) is 30.9 Å². The number of aliphatic hydroxyl groups is 1. The topological polar surface area (TPSA) is 49.8 Å². The molecule has 2 aliphatic rings. The lowest BCUT2D eigenvalue weighted by atomic mass is 9.89. The summed E-state index contributed by atoms with van der Waals surface area (Å²) in [5, 5.41) is 10.1. The van der Waals surface area contributed by atoms with Crippen LogP contribution in [0.1, 0.15) is 31.2 Å². The third-order valence-corrected chi connectivity index (χ3v) is 4.77. The second-order valence-electron chi connectivity index (χ2n) is 6.19. The van der Waals surface area contributed by atoms with Gasteiger partial charge in [-0.3, -0.25) is 4.79 Å². The number of rotatable bonds is 2. The fourth-order valence-electron chi connectivity index (χ4n) is 3.48. The number of benzene rings is 1. The van der Waals surface area contributed by atoms with E-state index in [4.69, 9.17) is 4.74 Å². The predicted octanol–water partition coefficient (Wildman–Crippen LogP) is 2.00. The van der Waals surface area contributed by atoms with Crippen LogP contribution in [-0.2, 0) is 11.2 Å². The maximum Gasteiger partial charge on any atom is 0.229 e. The van der Waals surface area contributed by atoms with Crippen molar-refractivity contribution in [3.05, 3.63) is 29.8 Å². The van der Waals surface area contributed by atoms with Crippen molar-refractivity contribution < 1.29 is 14.6 Å². The molecule has 0 spiro atoms. The molecule has 114 valence electrons. The summed E-state index contributed by atoms with van der Waals surface area (Å²) in [5.41, 5.74) is 1.10. The molecule has 1 aromatic carbocycles. The normalized spacial score (nSPS) is 28.4. The molecular formula is C17H23NO3. The van der Waals surface area contributed by atoms with Crippen LogP contribution in [0.4, 0.5) is 0 Å². The van der Waals surface area contributed by atoms with Crippen molar-refractivity contribution in [3.63, 3.8) is 0 Å². The molecule has 1 aliphatic heterocycles. The van der Waals surface area contributed by atoms with Gasteiger partial charge >= 0.3 is 0 Å². The average Bonchev–Trinajstić information content (AvgIpc) is 2.53. The Kier molecular flexibility index (Phi) is 4.15. The minimum Gasteiger partial charge on any atom is -0.492 e. The number of likely N-dealkylation sites (N-methyl/N-ethyl adjacent to an activating group) is 1. The Morgan fingerprint density at radius 1 is 1.29 bits per heavy atom. The zero-order valence-electron chi connectivity index (χ0n) is 12.5. The number of nitrogens with zero attached hydrogens (tertiary/aromatic N) is 1. The second-order valence-corrected chi connectivity index (χ2v) is 6.19. The number of para-hydroxylation sites is 1. The summed E-state index contributed by atoms with van der Waals surface area (Å²) in [6, 6.07) is 7.85. The fourth-order valence-corrected chi connectivity index (χ4v) is 3.48. The number of fused-ring (bicyclic) bond motifs is 1. The maximum absolute atomic E-state index is 12.7. The lowest BCUT2D eigenvalue weighted by Crippen LogP contribution is -2.49. The highest BCUT2D eigenvalue weighted by molar-refractivity contribution is 5.80. The third-order valence-electron chi connectivity index (χ3n) is 4.77. The summed E-state index contributed by atoms with van der Waals surface area (Å²) in [5.74, 6) is 0.844. The second kappa shape index (κ2) is 6.06. The first-order chi connectivity index (χ1) is 10.2. The number of amides is 1. The van der Waals surface area contributed by atoms with Crippen LogP contribution in [0.5, 0.6) is 5.75 Å². The van der Waals surface area contributed by atoms with Crippen LogP contribution in [-0.4, -0.2) is 41.7 Å². The van der Waals surface area contributed by atoms with Crippen molar-refractivity contribution in [2.24, 2.45) is 5.92 Å². The number of hydrogen-bond donors (Lipinski definition) is 1. The Morgan fingerprint density at radius 2 is 2.05 bits per heavy atom. The standard InChI is InChI=1S/C17H23NO3/c1-18(14-7-3-4-8-15(14)19)17(20)13-10-12-6-2-5-9-16(12)21-11-13/h2,5-6,9,13-15,19H,3-4,7-8,10-11H2,1H3. The molecule has 1 amide bonds. The van der Waals surface area contributed by atoms with Crippen molar-refractivity contribution in [2.45, 2.75) is 44.2 Å². The molecule has 1 saturated carbocycles. The molecule has 21 heavy (non-hydrogen) atoms. The molecule has 0 radical (unpaired) electrons. The van der Waals surface area contributed by atoms with Gasteiger partial charge < -0.3 is 14.7 Å². The van der Waals surface area contributed by atoms with E-state index in [1.165, 1.54) is 0 Å². The van der Waals surface area contributed by atoms with Gasteiger partial charge in [0.2, 0.25) is 5.91 Å². The van der Waals surface area contributed by atoms with E-state index < -0.39 is 0 Å². The lowest BCUT2D eigenvalue weighted by molar-refractivity contribution is -0.141. The number of aliphatic hydroxyl groups excluding tert-OH is 1. The van der Waals surface area contributed by atoms with Crippen LogP contribution in [0.15, 0.2) is 24.3 Å². The van der Waals surface area contributed by atoms with E-state index in [9.17, 15) is 9.90 Å². The summed E-state index contributed by atoms with van der Waals surface area (Å²) in [6.45, 7) is 0.434. The number of ether oxygens (including phenoxy) is 1. The Hall–Kier alpha value is -1.55. The Labute approximate surface area is 125 Å². The van der Waals surface area contributed by atoms with Gasteiger partial charge in [0.25, 0.3) is 0 Å². The molecule has 4 heteroatoms. The van der Waals surface area contributed by atoms with Crippen LogP contribution < -0.4 is 4.74 Å². The van der Waals surface area contributed by atoms with Crippen LogP contribution >= 0.6 is 0 Å². The molecule has 3 atom stereocenters. The van der Waals surface area contributed by atoms with Gasteiger partial charge in [0, 0.05) is 7.05 Å². The average molecular weight is 289 g/mol. The molecule has 0 aromatic heterocycles. The van der Waals surface area contributed by atoms with E-state index in [2.05, 4.69) is 0 Å². The molecule has 4 nitrogen and oxygen atoms in total. The maximum atomic E-state index is 12.7. The van der Waals surface area contributed by atoms with Gasteiger partial charge in [0.1, 0.15) is 12.4 Å². The molecule has 1 heterocycles. The quantitative estimate of drug-likeness (QED) is 0.906. The van der Waals surface area contributed by atoms with Gasteiger partial charge in [-0.25, -0.2) is 0 Å². The Balaban J connectivity index is 1.68. The summed E-state index contributed by atoms with van der Waals surface area (Å²) >= 11 is 0. The number of hydrogen-bond acceptors (Lipinski definition) is 3. The molecule has 1 aromatic rings. The monoisotopic (exact) mass is 289 g/mol. The van der Waals surface area contributed by atoms with E-state index in [0.717, 1.165) is 43.4 Å². The smallest absolute Gasteiger partial charge is 0.229 e. The highest BCUT2D eigenvalue weighted by Crippen LogP contribution is 2.29. The molecular weight excluding hydrogens is 266 g/mol. The molecule has 1 fully saturated rings. The fraction of sp³-hybridized carbons (Fsp3) is 0.588. The van der Waals surface area contributed by atoms with E-state index in [0.29, 0.717) is 6.61 Å². The summed E-state index contributed by atoms with van der Waals surface area (Å²) in [7, 11) is 1.82. The van der Waals surface area contributed by atoms with E-state index >= 15 is 0 Å². The Bertz CT molecular complexity index is 517. The van der Waals surface area contributed by atoms with Gasteiger partial charge in [-0.2, -0.15) is 0 Å². The van der Waals surface area contributed by atoms with E-state index in [-0.39, 0.29) is 24.0 Å². The summed E-state index contributed by atoms with van der Waals surface area (Å²) in [6.07, 6.45) is 4.18. The zero-order chi connectivity index (χ0) is 14.8. The van der Waals surface area contributed by atoms with Crippen molar-refractivity contribution in [3.8, 4) is 5.75 Å². The predicted molar refractivity (Wildman–Crippen MR) is 80.2 cm³/mol. The summed E-state index contributed by atoms with van der Waals surface area (Å²) < 4.78 is 5.71. The molecule has 0 saturated heterocycles. The van der Waals surface area contributed by atoms with Crippen molar-refractivity contribution in [1.82, 2.24) is 4.90 Å². The summed E-state index contributed by atoms with van der Waals surface area (Å²) in [4.78, 5) is 14.4. The van der Waals surface area contributed by atoms with Gasteiger partial charge in [0.15, 0.2) is 0 Å². The van der Waals surface area contributed by atoms with E-state index in [1.807, 2.05) is 31.3 Å². The van der Waals surface area contributed by atoms with Gasteiger partial charge in [-0.15, -0.1) is 0 Å². The SMILES string of the molecule is CN(C(=O)C1COc2ccccc2C1)C1CCCCC1O. The lowest BCUT2D eigenvalue weighted by Gasteiger charge is -2.37. The van der Waals surface area contributed by atoms with Crippen LogP contribution in [0, 0.1) is 5.92 Å². The minimum atomic E-state index is -0.385. The van der Waals surface area contributed by atoms with Crippen LogP contribution in [0.3, 0.4) is 0 Å². The molecule has 1 aliphatic carbocycles. The van der Waals surface area contributed by atoms with E-state index in [1.54, 1.807) is 4.90 Å². The highest BCUT2D eigenvalue weighted by Gasteiger charge is 2.34. The third kappa shape index (κ3) is 2.91. The molecule has 0 bridgehead atoms. The van der Waals surface area contributed by atoms with Crippen LogP contribution in [0.2, 0.25) is 0 Å². The first-order valence-electron chi connectivity index (χ1n) is 7.82. The largest absolute Gasteiger partial charge is 0.492 e. The highest BCUT2D eigenvalue weighted by atomic mass is 16.5. The van der Waals surface area contributed by atoms with Crippen LogP contribution in [0.25, 0.3) is 0 Å². The van der Waals surface area contributed by atoms with Gasteiger partial charge in [0.05, 0.1) is 18.1 Å². The number of carbonyl (C=O) groups excluding carboxylic acids is 1.